The first-order chi connectivity index (χ1) is 17.5. The smallest absolute Gasteiger partial charge is 0.373 e. The van der Waals surface area contributed by atoms with Gasteiger partial charge in [-0.25, -0.2) is 18.6 Å². The lowest BCUT2D eigenvalue weighted by molar-refractivity contribution is -0.385. The first kappa shape index (κ1) is 27.1. The SMILES string of the molecule is COc1ccc(F)c(F)c1COc1cc(Nc2nc(C)nc(OC)c2[N+](=O)[O-])c(Cl)cc1OCC(=O)O. The van der Waals surface area contributed by atoms with Gasteiger partial charge < -0.3 is 29.4 Å². The number of rotatable bonds is 11. The van der Waals surface area contributed by atoms with Crippen molar-refractivity contribution in [3.8, 4) is 23.1 Å². The zero-order chi connectivity index (χ0) is 27.3. The predicted octanol–water partition coefficient (Wildman–Crippen LogP) is 4.43. The van der Waals surface area contributed by atoms with E-state index in [2.05, 4.69) is 15.3 Å². The molecule has 0 radical (unpaired) electrons. The molecular weight excluding hydrogens is 522 g/mol. The molecule has 37 heavy (non-hydrogen) atoms. The molecule has 196 valence electrons. The van der Waals surface area contributed by atoms with Crippen molar-refractivity contribution < 1.29 is 42.6 Å². The normalized spacial score (nSPS) is 10.5. The van der Waals surface area contributed by atoms with Crippen molar-refractivity contribution in [1.82, 2.24) is 9.97 Å². The minimum Gasteiger partial charge on any atom is -0.496 e. The highest BCUT2D eigenvalue weighted by atomic mass is 35.5. The lowest BCUT2D eigenvalue weighted by Crippen LogP contribution is -2.11. The largest absolute Gasteiger partial charge is 0.496 e. The van der Waals surface area contributed by atoms with Gasteiger partial charge in [0.15, 0.2) is 29.7 Å². The van der Waals surface area contributed by atoms with Gasteiger partial charge in [-0.2, -0.15) is 4.98 Å². The van der Waals surface area contributed by atoms with Crippen LogP contribution in [0.5, 0.6) is 23.1 Å². The lowest BCUT2D eigenvalue weighted by atomic mass is 10.2. The Bertz CT molecular complexity index is 1360. The molecule has 0 aliphatic heterocycles. The number of anilines is 2. The first-order valence-corrected chi connectivity index (χ1v) is 10.6. The van der Waals surface area contributed by atoms with E-state index >= 15 is 0 Å². The Morgan fingerprint density at radius 2 is 1.84 bits per heavy atom. The molecule has 2 aromatic carbocycles. The van der Waals surface area contributed by atoms with Crippen molar-refractivity contribution in [3.05, 3.63) is 62.4 Å². The molecule has 0 unspecified atom stereocenters. The van der Waals surface area contributed by atoms with Gasteiger partial charge in [0.25, 0.3) is 5.88 Å². The average Bonchev–Trinajstić information content (AvgIpc) is 2.84. The zero-order valence-corrected chi connectivity index (χ0v) is 20.3. The predicted molar refractivity (Wildman–Crippen MR) is 125 cm³/mol. The highest BCUT2D eigenvalue weighted by Gasteiger charge is 2.26. The Hall–Kier alpha value is -4.46. The summed E-state index contributed by atoms with van der Waals surface area (Å²) in [6, 6.07) is 4.49. The van der Waals surface area contributed by atoms with Gasteiger partial charge in [0.1, 0.15) is 18.2 Å². The maximum Gasteiger partial charge on any atom is 0.373 e. The van der Waals surface area contributed by atoms with E-state index in [1.54, 1.807) is 0 Å². The van der Waals surface area contributed by atoms with Crippen LogP contribution in [0.15, 0.2) is 24.3 Å². The third-order valence-corrected chi connectivity index (χ3v) is 5.04. The van der Waals surface area contributed by atoms with Crippen LogP contribution in [-0.2, 0) is 11.4 Å². The molecule has 0 saturated heterocycles. The molecule has 0 saturated carbocycles. The van der Waals surface area contributed by atoms with E-state index in [-0.39, 0.29) is 51.0 Å². The molecule has 0 bridgehead atoms. The minimum atomic E-state index is -1.30. The van der Waals surface area contributed by atoms with Gasteiger partial charge in [-0.05, 0) is 19.1 Å². The number of carboxylic acids is 1. The Morgan fingerprint density at radius 3 is 2.46 bits per heavy atom. The third kappa shape index (κ3) is 6.22. The molecule has 0 aliphatic rings. The number of hydrogen-bond donors (Lipinski definition) is 2. The molecule has 12 nitrogen and oxygen atoms in total. The van der Waals surface area contributed by atoms with E-state index in [0.717, 1.165) is 6.07 Å². The topological polar surface area (TPSA) is 155 Å². The van der Waals surface area contributed by atoms with Crippen molar-refractivity contribution in [1.29, 1.82) is 0 Å². The monoisotopic (exact) mass is 540 g/mol. The summed E-state index contributed by atoms with van der Waals surface area (Å²) in [5, 5.41) is 23.2. The van der Waals surface area contributed by atoms with Gasteiger partial charge >= 0.3 is 11.7 Å². The Labute approximate surface area is 212 Å². The summed E-state index contributed by atoms with van der Waals surface area (Å²) in [4.78, 5) is 29.8. The van der Waals surface area contributed by atoms with Gasteiger partial charge in [-0.1, -0.05) is 11.6 Å². The molecule has 1 aromatic heterocycles. The van der Waals surface area contributed by atoms with Crippen LogP contribution in [0, 0.1) is 28.7 Å². The molecule has 0 fully saturated rings. The molecule has 15 heteroatoms. The quantitative estimate of drug-likeness (QED) is 0.262. The molecule has 0 spiro atoms. The van der Waals surface area contributed by atoms with Crippen LogP contribution in [0.4, 0.5) is 26.0 Å². The second kappa shape index (κ2) is 11.5. The number of nitro groups is 1. The minimum absolute atomic E-state index is 0.00148. The highest BCUT2D eigenvalue weighted by Crippen LogP contribution is 2.41. The van der Waals surface area contributed by atoms with Crippen molar-refractivity contribution in [3.63, 3.8) is 0 Å². The molecular formula is C22H19ClF2N4O8. The van der Waals surface area contributed by atoms with Crippen LogP contribution in [-0.4, -0.2) is 46.8 Å². The maximum absolute atomic E-state index is 14.4. The molecule has 1 heterocycles. The van der Waals surface area contributed by atoms with E-state index < -0.39 is 41.4 Å². The fraction of sp³-hybridized carbons (Fsp3) is 0.227. The van der Waals surface area contributed by atoms with Crippen LogP contribution in [0.25, 0.3) is 0 Å². The van der Waals surface area contributed by atoms with Crippen molar-refractivity contribution in [2.75, 3.05) is 26.1 Å². The van der Waals surface area contributed by atoms with Crippen LogP contribution in [0.2, 0.25) is 5.02 Å². The van der Waals surface area contributed by atoms with Crippen LogP contribution in [0.3, 0.4) is 0 Å². The molecule has 3 rings (SSSR count). The van der Waals surface area contributed by atoms with Gasteiger partial charge in [0.05, 0.1) is 35.4 Å². The zero-order valence-electron chi connectivity index (χ0n) is 19.5. The summed E-state index contributed by atoms with van der Waals surface area (Å²) >= 11 is 6.30. The van der Waals surface area contributed by atoms with Crippen LogP contribution >= 0.6 is 11.6 Å². The number of hydrogen-bond acceptors (Lipinski definition) is 10. The summed E-state index contributed by atoms with van der Waals surface area (Å²) in [5.74, 6) is -4.38. The first-order valence-electron chi connectivity index (χ1n) is 10.2. The van der Waals surface area contributed by atoms with Gasteiger partial charge in [0, 0.05) is 12.1 Å². The Balaban J connectivity index is 2.05. The number of carbonyl (C=O) groups is 1. The Kier molecular flexibility index (Phi) is 8.45. The van der Waals surface area contributed by atoms with Gasteiger partial charge in [0.2, 0.25) is 5.82 Å². The highest BCUT2D eigenvalue weighted by molar-refractivity contribution is 6.33. The molecule has 0 aliphatic carbocycles. The second-order valence-corrected chi connectivity index (χ2v) is 7.56. The van der Waals surface area contributed by atoms with E-state index in [1.807, 2.05) is 0 Å². The summed E-state index contributed by atoms with van der Waals surface area (Å²) in [5.41, 5.74) is -0.818. The number of aliphatic carboxylic acids is 1. The number of methoxy groups -OCH3 is 2. The maximum atomic E-state index is 14.4. The number of carboxylic acid groups (broad SMARTS) is 1. The second-order valence-electron chi connectivity index (χ2n) is 7.15. The van der Waals surface area contributed by atoms with Gasteiger partial charge in [-0.15, -0.1) is 0 Å². The average molecular weight is 541 g/mol. The fourth-order valence-corrected chi connectivity index (χ4v) is 3.31. The van der Waals surface area contributed by atoms with Crippen LogP contribution in [0.1, 0.15) is 11.4 Å². The summed E-state index contributed by atoms with van der Waals surface area (Å²) in [6.45, 7) is 0.153. The van der Waals surface area contributed by atoms with Crippen molar-refractivity contribution >= 4 is 34.8 Å². The number of ether oxygens (including phenoxy) is 4. The van der Waals surface area contributed by atoms with Crippen molar-refractivity contribution in [2.24, 2.45) is 0 Å². The molecule has 0 atom stereocenters. The third-order valence-electron chi connectivity index (χ3n) is 4.72. The number of halogens is 3. The Morgan fingerprint density at radius 1 is 1.14 bits per heavy atom. The van der Waals surface area contributed by atoms with Gasteiger partial charge in [-0.3, -0.25) is 10.1 Å². The summed E-state index contributed by atoms with van der Waals surface area (Å²) < 4.78 is 49.0. The van der Waals surface area contributed by atoms with E-state index in [9.17, 15) is 23.7 Å². The molecule has 2 N–H and O–H groups in total. The standard InChI is InChI=1S/C22H19ClF2N4O8/c1-10-26-21(20(29(32)33)22(27-10)35-3)28-14-7-17(16(6-12(14)23)37-9-18(30)31)36-8-11-15(34-2)5-4-13(24)19(11)25/h4-7H,8-9H2,1-3H3,(H,30,31)(H,26,27,28). The van der Waals surface area contributed by atoms with Crippen molar-refractivity contribution in [2.45, 2.75) is 13.5 Å². The van der Waals surface area contributed by atoms with E-state index in [0.29, 0.717) is 0 Å². The number of nitrogens with zero attached hydrogens (tertiary/aromatic N) is 3. The number of nitrogens with one attached hydrogen (secondary N) is 1. The summed E-state index contributed by atoms with van der Waals surface area (Å²) in [6.07, 6.45) is 0. The van der Waals surface area contributed by atoms with Crippen LogP contribution < -0.4 is 24.3 Å². The fourth-order valence-electron chi connectivity index (χ4n) is 3.11. The number of benzene rings is 2. The number of aryl methyl sites for hydroxylation is 1. The molecule has 0 amide bonds. The number of aromatic nitrogens is 2. The molecule has 3 aromatic rings. The lowest BCUT2D eigenvalue weighted by Gasteiger charge is -2.17. The van der Waals surface area contributed by atoms with E-state index in [1.165, 1.54) is 39.3 Å². The van der Waals surface area contributed by atoms with E-state index in [4.69, 9.17) is 35.7 Å². The summed E-state index contributed by atoms with van der Waals surface area (Å²) in [7, 11) is 2.46.